The number of halogens is 2. The molecule has 0 spiro atoms. The van der Waals surface area contributed by atoms with Crippen LogP contribution in [0.15, 0.2) is 42.5 Å². The van der Waals surface area contributed by atoms with Crippen molar-refractivity contribution in [1.82, 2.24) is 9.97 Å². The molecule has 0 unspecified atom stereocenters. The minimum atomic E-state index is -0.349. The quantitative estimate of drug-likeness (QED) is 0.585. The molecule has 0 radical (unpaired) electrons. The Morgan fingerprint density at radius 1 is 0.815 bits per heavy atom. The monoisotopic (exact) mass is 397 g/mol. The largest absolute Gasteiger partial charge is 0.274 e. The van der Waals surface area contributed by atoms with Gasteiger partial charge in [-0.2, -0.15) is 0 Å². The Labute approximate surface area is 164 Å². The van der Waals surface area contributed by atoms with Crippen LogP contribution in [-0.4, -0.2) is 21.8 Å². The van der Waals surface area contributed by atoms with Crippen molar-refractivity contribution in [1.29, 1.82) is 0 Å². The van der Waals surface area contributed by atoms with Crippen molar-refractivity contribution in [2.24, 2.45) is 11.8 Å². The summed E-state index contributed by atoms with van der Waals surface area (Å²) in [7, 11) is 0. The number of hydrogen-bond acceptors (Lipinski definition) is 4. The van der Waals surface area contributed by atoms with Gasteiger partial charge in [-0.3, -0.25) is 14.5 Å². The Morgan fingerprint density at radius 3 is 1.78 bits per heavy atom. The molecule has 2 aliphatic rings. The first-order chi connectivity index (χ1) is 13.0. The summed E-state index contributed by atoms with van der Waals surface area (Å²) < 4.78 is 0. The number of rotatable bonds is 1. The Bertz CT molecular complexity index is 1050. The maximum Gasteiger partial charge on any atom is 0.238 e. The number of fused-ring (bicyclic) bond motifs is 3. The number of amides is 2. The van der Waals surface area contributed by atoms with E-state index in [1.54, 1.807) is 12.1 Å². The fourth-order valence-corrected chi connectivity index (χ4v) is 4.34. The summed E-state index contributed by atoms with van der Waals surface area (Å²) in [5.74, 6) is -0.971. The molecule has 7 heteroatoms. The second kappa shape index (κ2) is 6.01. The maximum absolute atomic E-state index is 13.0. The number of nitrogens with zero attached hydrogens (tertiary/aromatic N) is 3. The molecule has 1 fully saturated rings. The van der Waals surface area contributed by atoms with Crippen molar-refractivity contribution in [2.75, 3.05) is 4.90 Å². The summed E-state index contributed by atoms with van der Waals surface area (Å²) >= 11 is 12.0. The molecule has 1 aliphatic heterocycles. The topological polar surface area (TPSA) is 63.2 Å². The number of benzene rings is 2. The Balaban J connectivity index is 1.56. The molecule has 1 saturated heterocycles. The van der Waals surface area contributed by atoms with Crippen LogP contribution in [-0.2, 0) is 22.4 Å². The van der Waals surface area contributed by atoms with Crippen LogP contribution < -0.4 is 4.90 Å². The van der Waals surface area contributed by atoms with Crippen molar-refractivity contribution in [3.63, 3.8) is 0 Å². The number of carbonyl (C=O) groups excluding carboxylic acids is 2. The fourth-order valence-electron chi connectivity index (χ4n) is 4.08. The zero-order valence-electron chi connectivity index (χ0n) is 14.0. The van der Waals surface area contributed by atoms with E-state index in [9.17, 15) is 9.59 Å². The van der Waals surface area contributed by atoms with Gasteiger partial charge in [0.1, 0.15) is 0 Å². The SMILES string of the molecule is O=C1[C@H]2Cc3cc4nc(Cl)c(Cl)nc4cc3C[C@H]2C(=O)N1c1ccccc1. The molecule has 1 aromatic heterocycles. The lowest BCUT2D eigenvalue weighted by Gasteiger charge is -2.24. The van der Waals surface area contributed by atoms with Gasteiger partial charge in [0.05, 0.1) is 28.6 Å². The predicted octanol–water partition coefficient (Wildman–Crippen LogP) is 3.84. The highest BCUT2D eigenvalue weighted by atomic mass is 35.5. The van der Waals surface area contributed by atoms with Gasteiger partial charge in [0.2, 0.25) is 11.8 Å². The van der Waals surface area contributed by atoms with Gasteiger partial charge in [-0.1, -0.05) is 41.4 Å². The Morgan fingerprint density at radius 2 is 1.30 bits per heavy atom. The van der Waals surface area contributed by atoms with Crippen LogP contribution in [0.3, 0.4) is 0 Å². The molecule has 0 N–H and O–H groups in total. The van der Waals surface area contributed by atoms with Crippen LogP contribution in [0.5, 0.6) is 0 Å². The molecule has 27 heavy (non-hydrogen) atoms. The number of anilines is 1. The molecule has 0 bridgehead atoms. The summed E-state index contributed by atoms with van der Waals surface area (Å²) in [6, 6.07) is 12.9. The van der Waals surface area contributed by atoms with Crippen molar-refractivity contribution in [3.05, 3.63) is 63.9 Å². The first-order valence-electron chi connectivity index (χ1n) is 8.60. The van der Waals surface area contributed by atoms with Gasteiger partial charge in [0.25, 0.3) is 0 Å². The fraction of sp³-hybridized carbons (Fsp3) is 0.200. The van der Waals surface area contributed by atoms with E-state index in [0.717, 1.165) is 11.1 Å². The molecule has 5 nitrogen and oxygen atoms in total. The first-order valence-corrected chi connectivity index (χ1v) is 9.36. The lowest BCUT2D eigenvalue weighted by atomic mass is 9.77. The zero-order chi connectivity index (χ0) is 18.7. The first kappa shape index (κ1) is 16.7. The Hall–Kier alpha value is -2.50. The van der Waals surface area contributed by atoms with Crippen molar-refractivity contribution in [3.8, 4) is 0 Å². The van der Waals surface area contributed by atoms with Crippen molar-refractivity contribution < 1.29 is 9.59 Å². The van der Waals surface area contributed by atoms with Gasteiger partial charge in [-0.15, -0.1) is 0 Å². The second-order valence-corrected chi connectivity index (χ2v) is 7.60. The molecule has 5 rings (SSSR count). The molecule has 1 aliphatic carbocycles. The Kier molecular flexibility index (Phi) is 3.71. The normalized spacial score (nSPS) is 21.5. The summed E-state index contributed by atoms with van der Waals surface area (Å²) in [6.07, 6.45) is 1.01. The summed E-state index contributed by atoms with van der Waals surface area (Å²) in [6.45, 7) is 0. The molecular formula is C20H13Cl2N3O2. The van der Waals surface area contributed by atoms with Gasteiger partial charge in [0, 0.05) is 0 Å². The van der Waals surface area contributed by atoms with E-state index in [-0.39, 0.29) is 34.0 Å². The average molecular weight is 398 g/mol. The third-order valence-electron chi connectivity index (χ3n) is 5.36. The molecule has 2 atom stereocenters. The van der Waals surface area contributed by atoms with E-state index < -0.39 is 0 Å². The van der Waals surface area contributed by atoms with E-state index in [1.807, 2.05) is 30.3 Å². The summed E-state index contributed by atoms with van der Waals surface area (Å²) in [5, 5.41) is 0.306. The standard InChI is InChI=1S/C20H13Cl2N3O2/c21-17-18(22)24-16-9-11-7-14-13(6-10(11)8-15(16)23-17)19(26)25(20(14)27)12-4-2-1-3-5-12/h1-5,8-9,13-14H,6-7H2/t13-,14+. The summed E-state index contributed by atoms with van der Waals surface area (Å²) in [5.41, 5.74) is 3.91. The predicted molar refractivity (Wildman–Crippen MR) is 103 cm³/mol. The number of aromatic nitrogens is 2. The van der Waals surface area contributed by atoms with Crippen LogP contribution in [0.4, 0.5) is 5.69 Å². The highest BCUT2D eigenvalue weighted by Crippen LogP contribution is 2.40. The van der Waals surface area contributed by atoms with Crippen molar-refractivity contribution >= 4 is 51.7 Å². The van der Waals surface area contributed by atoms with E-state index in [4.69, 9.17) is 23.2 Å². The van der Waals surface area contributed by atoms with Crippen LogP contribution >= 0.6 is 23.2 Å². The van der Waals surface area contributed by atoms with Gasteiger partial charge < -0.3 is 0 Å². The highest BCUT2D eigenvalue weighted by molar-refractivity contribution is 6.40. The molecule has 2 heterocycles. The number of imide groups is 1. The lowest BCUT2D eigenvalue weighted by Crippen LogP contribution is -2.30. The minimum absolute atomic E-state index is 0.137. The number of carbonyl (C=O) groups is 2. The van der Waals surface area contributed by atoms with Gasteiger partial charge >= 0.3 is 0 Å². The highest BCUT2D eigenvalue weighted by Gasteiger charge is 2.50. The smallest absolute Gasteiger partial charge is 0.238 e. The third kappa shape index (κ3) is 2.53. The van der Waals surface area contributed by atoms with Gasteiger partial charge in [0.15, 0.2) is 10.3 Å². The molecule has 3 aromatic rings. The lowest BCUT2D eigenvalue weighted by molar-refractivity contribution is -0.122. The van der Waals surface area contributed by atoms with Gasteiger partial charge in [-0.05, 0) is 48.2 Å². The van der Waals surface area contributed by atoms with Crippen LogP contribution in [0, 0.1) is 11.8 Å². The molecule has 134 valence electrons. The third-order valence-corrected chi connectivity index (χ3v) is 5.98. The number of hydrogen-bond donors (Lipinski definition) is 0. The van der Waals surface area contributed by atoms with Crippen LogP contribution in [0.1, 0.15) is 11.1 Å². The van der Waals surface area contributed by atoms with E-state index in [0.29, 0.717) is 29.6 Å². The second-order valence-electron chi connectivity index (χ2n) is 6.88. The van der Waals surface area contributed by atoms with Gasteiger partial charge in [-0.25, -0.2) is 9.97 Å². The van der Waals surface area contributed by atoms with Crippen molar-refractivity contribution in [2.45, 2.75) is 12.8 Å². The van der Waals surface area contributed by atoms with E-state index in [2.05, 4.69) is 9.97 Å². The molecule has 0 saturated carbocycles. The minimum Gasteiger partial charge on any atom is -0.274 e. The van der Waals surface area contributed by atoms with E-state index >= 15 is 0 Å². The van der Waals surface area contributed by atoms with E-state index in [1.165, 1.54) is 4.90 Å². The van der Waals surface area contributed by atoms with Crippen LogP contribution in [0.25, 0.3) is 11.0 Å². The molecule has 2 aromatic carbocycles. The van der Waals surface area contributed by atoms with Crippen LogP contribution in [0.2, 0.25) is 10.3 Å². The summed E-state index contributed by atoms with van der Waals surface area (Å²) in [4.78, 5) is 35.8. The molecule has 2 amide bonds. The maximum atomic E-state index is 13.0. The number of para-hydroxylation sites is 1. The zero-order valence-corrected chi connectivity index (χ0v) is 15.5. The average Bonchev–Trinajstić information content (AvgIpc) is 2.90. The molecular weight excluding hydrogens is 385 g/mol.